The third-order valence-electron chi connectivity index (χ3n) is 3.43. The van der Waals surface area contributed by atoms with E-state index in [1.165, 1.54) is 0 Å². The van der Waals surface area contributed by atoms with Crippen LogP contribution in [0.5, 0.6) is 17.2 Å². The third kappa shape index (κ3) is 4.89. The molecule has 0 unspecified atom stereocenters. The normalized spacial score (nSPS) is 10.7. The lowest BCUT2D eigenvalue weighted by Gasteiger charge is -2.15. The molecule has 0 saturated carbocycles. The van der Waals surface area contributed by atoms with E-state index in [2.05, 4.69) is 17.4 Å². The Bertz CT molecular complexity index is 626. The van der Waals surface area contributed by atoms with Crippen molar-refractivity contribution in [3.63, 3.8) is 0 Å². The second kappa shape index (κ2) is 8.44. The van der Waals surface area contributed by atoms with Gasteiger partial charge in [-0.3, -0.25) is 0 Å². The van der Waals surface area contributed by atoms with Crippen molar-refractivity contribution in [1.29, 1.82) is 0 Å². The summed E-state index contributed by atoms with van der Waals surface area (Å²) in [6.07, 6.45) is 0.124. The summed E-state index contributed by atoms with van der Waals surface area (Å²) in [5.74, 6) is 2.43. The van der Waals surface area contributed by atoms with E-state index in [1.807, 2.05) is 44.2 Å². The van der Waals surface area contributed by atoms with Crippen LogP contribution in [0.1, 0.15) is 25.0 Å². The summed E-state index contributed by atoms with van der Waals surface area (Å²) >= 11 is 0. The summed E-state index contributed by atoms with van der Waals surface area (Å²) in [5.41, 5.74) is 2.29. The molecule has 4 nitrogen and oxygen atoms in total. The van der Waals surface area contributed by atoms with E-state index in [0.717, 1.165) is 41.5 Å². The van der Waals surface area contributed by atoms with Crippen molar-refractivity contribution in [1.82, 2.24) is 5.32 Å². The van der Waals surface area contributed by atoms with E-state index in [1.54, 1.807) is 14.2 Å². The van der Waals surface area contributed by atoms with Crippen molar-refractivity contribution in [2.24, 2.45) is 0 Å². The summed E-state index contributed by atoms with van der Waals surface area (Å²) in [6, 6.07) is 14.0. The number of ether oxygens (including phenoxy) is 3. The molecule has 0 aliphatic rings. The summed E-state index contributed by atoms with van der Waals surface area (Å²) in [5, 5.41) is 3.43. The molecule has 0 aliphatic carbocycles. The average Bonchev–Trinajstić information content (AvgIpc) is 2.56. The Kier molecular flexibility index (Phi) is 6.29. The minimum absolute atomic E-state index is 0.124. The smallest absolute Gasteiger partial charge is 0.161 e. The molecule has 0 aromatic heterocycles. The second-order valence-electron chi connectivity index (χ2n) is 5.57. The van der Waals surface area contributed by atoms with Crippen LogP contribution in [0.4, 0.5) is 0 Å². The molecule has 0 amide bonds. The monoisotopic (exact) mass is 315 g/mol. The van der Waals surface area contributed by atoms with Crippen LogP contribution in [0.3, 0.4) is 0 Å². The number of benzene rings is 2. The first-order chi connectivity index (χ1) is 11.1. The topological polar surface area (TPSA) is 39.7 Å². The fraction of sp³-hybridized carbons (Fsp3) is 0.368. The van der Waals surface area contributed by atoms with Crippen LogP contribution >= 0.6 is 0 Å². The molecular formula is C19H25NO3. The second-order valence-corrected chi connectivity index (χ2v) is 5.57. The van der Waals surface area contributed by atoms with Crippen LogP contribution < -0.4 is 19.5 Å². The highest BCUT2D eigenvalue weighted by Crippen LogP contribution is 2.29. The van der Waals surface area contributed by atoms with Gasteiger partial charge in [-0.2, -0.15) is 0 Å². The highest BCUT2D eigenvalue weighted by molar-refractivity contribution is 5.43. The molecule has 124 valence electrons. The van der Waals surface area contributed by atoms with Crippen molar-refractivity contribution in [2.45, 2.75) is 33.0 Å². The number of hydrogen-bond acceptors (Lipinski definition) is 4. The number of rotatable bonds is 8. The quantitative estimate of drug-likeness (QED) is 0.805. The van der Waals surface area contributed by atoms with E-state index in [0.29, 0.717) is 0 Å². The van der Waals surface area contributed by atoms with Gasteiger partial charge in [-0.25, -0.2) is 0 Å². The molecule has 4 heteroatoms. The highest BCUT2D eigenvalue weighted by Gasteiger charge is 2.08. The molecule has 2 rings (SSSR count). The lowest BCUT2D eigenvalue weighted by Crippen LogP contribution is -2.13. The first-order valence-corrected chi connectivity index (χ1v) is 7.80. The van der Waals surface area contributed by atoms with Crippen LogP contribution in [-0.2, 0) is 13.1 Å². The largest absolute Gasteiger partial charge is 0.496 e. The van der Waals surface area contributed by atoms with Crippen LogP contribution in [-0.4, -0.2) is 20.3 Å². The van der Waals surface area contributed by atoms with Gasteiger partial charge in [-0.15, -0.1) is 0 Å². The van der Waals surface area contributed by atoms with Crippen LogP contribution in [0.2, 0.25) is 0 Å². The Morgan fingerprint density at radius 2 is 1.61 bits per heavy atom. The average molecular weight is 315 g/mol. The Hall–Kier alpha value is -2.20. The van der Waals surface area contributed by atoms with Gasteiger partial charge in [0.2, 0.25) is 0 Å². The fourth-order valence-corrected chi connectivity index (χ4v) is 2.36. The van der Waals surface area contributed by atoms with Crippen molar-refractivity contribution in [3.8, 4) is 17.2 Å². The van der Waals surface area contributed by atoms with Crippen molar-refractivity contribution in [2.75, 3.05) is 14.2 Å². The molecule has 0 radical (unpaired) electrons. The third-order valence-corrected chi connectivity index (χ3v) is 3.43. The minimum Gasteiger partial charge on any atom is -0.496 e. The summed E-state index contributed by atoms with van der Waals surface area (Å²) < 4.78 is 16.5. The van der Waals surface area contributed by atoms with Gasteiger partial charge in [0.05, 0.1) is 20.3 Å². The Morgan fingerprint density at radius 1 is 0.870 bits per heavy atom. The summed E-state index contributed by atoms with van der Waals surface area (Å²) in [4.78, 5) is 0. The highest BCUT2D eigenvalue weighted by atomic mass is 16.5. The van der Waals surface area contributed by atoms with Crippen LogP contribution in [0.15, 0.2) is 42.5 Å². The van der Waals surface area contributed by atoms with E-state index in [4.69, 9.17) is 14.2 Å². The van der Waals surface area contributed by atoms with Gasteiger partial charge in [-0.1, -0.05) is 24.3 Å². The maximum Gasteiger partial charge on any atom is 0.161 e. The molecule has 2 aromatic rings. The first kappa shape index (κ1) is 17.2. The summed E-state index contributed by atoms with van der Waals surface area (Å²) in [6.45, 7) is 5.50. The minimum atomic E-state index is 0.124. The molecule has 0 saturated heterocycles. The van der Waals surface area contributed by atoms with Crippen LogP contribution in [0, 0.1) is 0 Å². The molecule has 1 N–H and O–H groups in total. The van der Waals surface area contributed by atoms with Gasteiger partial charge in [-0.05, 0) is 37.6 Å². The van der Waals surface area contributed by atoms with Gasteiger partial charge >= 0.3 is 0 Å². The fourth-order valence-electron chi connectivity index (χ4n) is 2.36. The molecule has 0 aliphatic heterocycles. The number of methoxy groups -OCH3 is 2. The van der Waals surface area contributed by atoms with Gasteiger partial charge in [0.15, 0.2) is 11.5 Å². The SMILES string of the molecule is COc1ccccc1CNCc1ccc(OC(C)C)c(OC)c1. The lowest BCUT2D eigenvalue weighted by molar-refractivity contribution is 0.230. The molecule has 0 heterocycles. The Balaban J connectivity index is 1.98. The Morgan fingerprint density at radius 3 is 2.30 bits per heavy atom. The van der Waals surface area contributed by atoms with Gasteiger partial charge in [0, 0.05) is 18.7 Å². The molecule has 23 heavy (non-hydrogen) atoms. The number of para-hydroxylation sites is 1. The van der Waals surface area contributed by atoms with Crippen LogP contribution in [0.25, 0.3) is 0 Å². The maximum absolute atomic E-state index is 5.73. The zero-order valence-corrected chi connectivity index (χ0v) is 14.3. The van der Waals surface area contributed by atoms with E-state index >= 15 is 0 Å². The van der Waals surface area contributed by atoms with Gasteiger partial charge in [0.25, 0.3) is 0 Å². The Labute approximate surface area is 138 Å². The molecule has 0 spiro atoms. The lowest BCUT2D eigenvalue weighted by atomic mass is 10.1. The van der Waals surface area contributed by atoms with Gasteiger partial charge in [0.1, 0.15) is 5.75 Å². The van der Waals surface area contributed by atoms with E-state index < -0.39 is 0 Å². The predicted octanol–water partition coefficient (Wildman–Crippen LogP) is 3.78. The summed E-state index contributed by atoms with van der Waals surface area (Å²) in [7, 11) is 3.35. The molecule has 2 aromatic carbocycles. The molecule has 0 bridgehead atoms. The number of hydrogen-bond donors (Lipinski definition) is 1. The molecular weight excluding hydrogens is 290 g/mol. The predicted molar refractivity (Wildman–Crippen MR) is 92.3 cm³/mol. The van der Waals surface area contributed by atoms with E-state index in [9.17, 15) is 0 Å². The zero-order valence-electron chi connectivity index (χ0n) is 14.3. The molecule has 0 atom stereocenters. The maximum atomic E-state index is 5.73. The number of nitrogens with one attached hydrogen (secondary N) is 1. The molecule has 0 fully saturated rings. The van der Waals surface area contributed by atoms with E-state index in [-0.39, 0.29) is 6.10 Å². The van der Waals surface area contributed by atoms with Crippen molar-refractivity contribution >= 4 is 0 Å². The van der Waals surface area contributed by atoms with Crippen molar-refractivity contribution in [3.05, 3.63) is 53.6 Å². The standard InChI is InChI=1S/C19H25NO3/c1-14(2)23-18-10-9-15(11-19(18)22-4)12-20-13-16-7-5-6-8-17(16)21-3/h5-11,14,20H,12-13H2,1-4H3. The zero-order chi connectivity index (χ0) is 16.7. The van der Waals surface area contributed by atoms with Crippen molar-refractivity contribution < 1.29 is 14.2 Å². The van der Waals surface area contributed by atoms with Gasteiger partial charge < -0.3 is 19.5 Å². The first-order valence-electron chi connectivity index (χ1n) is 7.80.